The smallest absolute Gasteiger partial charge is 0.436 e. The summed E-state index contributed by atoms with van der Waals surface area (Å²) in [6.45, 7) is 34.1. The van der Waals surface area contributed by atoms with Crippen LogP contribution < -0.4 is 0 Å². The predicted octanol–water partition coefficient (Wildman–Crippen LogP) is 6.97. The van der Waals surface area contributed by atoms with Crippen LogP contribution in [-0.2, 0) is 34.5 Å². The van der Waals surface area contributed by atoms with Crippen molar-refractivity contribution in [2.24, 2.45) is 0 Å². The summed E-state index contributed by atoms with van der Waals surface area (Å²) >= 11 is 0. The molecule has 0 aromatic heterocycles. The second-order valence-electron chi connectivity index (χ2n) is 14.4. The molecular weight excluding hydrogens is 607 g/mol. The van der Waals surface area contributed by atoms with E-state index in [9.17, 15) is 0 Å². The fourth-order valence-corrected chi connectivity index (χ4v) is 28.4. The predicted molar refractivity (Wildman–Crippen MR) is 179 cm³/mol. The van der Waals surface area contributed by atoms with Gasteiger partial charge in [-0.2, -0.15) is 0 Å². The zero-order valence-electron chi connectivity index (χ0n) is 29.4. The van der Waals surface area contributed by atoms with Gasteiger partial charge in [0.2, 0.25) is 0 Å². The van der Waals surface area contributed by atoms with Crippen molar-refractivity contribution >= 4 is 43.0 Å². The molecular formula is C27H65NO8Si5. The fraction of sp³-hybridized carbons (Fsp3) is 1.00. The molecule has 0 bridgehead atoms. The fourth-order valence-electron chi connectivity index (χ4n) is 6.15. The van der Waals surface area contributed by atoms with Crippen LogP contribution in [0.2, 0.25) is 58.4 Å². The van der Waals surface area contributed by atoms with E-state index in [4.69, 9.17) is 34.5 Å². The molecule has 0 unspecified atom stereocenters. The highest BCUT2D eigenvalue weighted by Crippen LogP contribution is 2.38. The van der Waals surface area contributed by atoms with Gasteiger partial charge in [0.1, 0.15) is 0 Å². The lowest BCUT2D eigenvalue weighted by Crippen LogP contribution is -2.61. The van der Waals surface area contributed by atoms with E-state index in [1.807, 2.05) is 33.9 Å². The third-order valence-corrected chi connectivity index (χ3v) is 25.9. The summed E-state index contributed by atoms with van der Waals surface area (Å²) in [5.41, 5.74) is 0.271. The lowest BCUT2D eigenvalue weighted by Gasteiger charge is -2.53. The number of hydrogen-bond donors (Lipinski definition) is 0. The van der Waals surface area contributed by atoms with E-state index in [0.29, 0.717) is 25.9 Å². The van der Waals surface area contributed by atoms with Crippen molar-refractivity contribution in [1.82, 2.24) is 4.90 Å². The Labute approximate surface area is 258 Å². The van der Waals surface area contributed by atoms with Gasteiger partial charge in [0.25, 0.3) is 0 Å². The minimum absolute atomic E-state index is 0.135. The van der Waals surface area contributed by atoms with Crippen molar-refractivity contribution in [1.29, 1.82) is 0 Å². The van der Waals surface area contributed by atoms with Crippen molar-refractivity contribution in [3.63, 3.8) is 0 Å². The van der Waals surface area contributed by atoms with Crippen LogP contribution in [0.5, 0.6) is 0 Å². The van der Waals surface area contributed by atoms with Gasteiger partial charge in [-0.3, -0.25) is 4.90 Å². The summed E-state index contributed by atoms with van der Waals surface area (Å²) in [6, 6.07) is 1.03. The molecule has 0 saturated carbocycles. The summed E-state index contributed by atoms with van der Waals surface area (Å²) in [5.74, 6) is 0. The van der Waals surface area contributed by atoms with E-state index in [-0.39, 0.29) is 11.1 Å². The number of likely N-dealkylation sites (tertiary alicyclic amines) is 1. The van der Waals surface area contributed by atoms with Crippen LogP contribution in [0.4, 0.5) is 0 Å². The number of ether oxygens (including phenoxy) is 1. The second kappa shape index (κ2) is 15.3. The van der Waals surface area contributed by atoms with Crippen molar-refractivity contribution in [3.8, 4) is 0 Å². The molecule has 0 N–H and O–H groups in total. The van der Waals surface area contributed by atoms with Crippen LogP contribution in [0, 0.1) is 0 Å². The van der Waals surface area contributed by atoms with E-state index in [1.54, 1.807) is 0 Å². The molecule has 14 heteroatoms. The first kappa shape index (κ1) is 39.7. The van der Waals surface area contributed by atoms with Crippen LogP contribution in [0.1, 0.15) is 67.7 Å². The number of hydrogen-bond acceptors (Lipinski definition) is 9. The van der Waals surface area contributed by atoms with Gasteiger partial charge < -0.3 is 34.5 Å². The summed E-state index contributed by atoms with van der Waals surface area (Å²) in [7, 11) is -10.9. The van der Waals surface area contributed by atoms with Gasteiger partial charge in [0, 0.05) is 37.5 Å². The van der Waals surface area contributed by atoms with Gasteiger partial charge in [-0.25, -0.2) is 0 Å². The molecule has 1 aliphatic rings. The first-order valence-electron chi connectivity index (χ1n) is 15.5. The monoisotopic (exact) mass is 671 g/mol. The maximum Gasteiger partial charge on any atom is 0.670 e. The Morgan fingerprint density at radius 1 is 0.634 bits per heavy atom. The van der Waals surface area contributed by atoms with Crippen molar-refractivity contribution < 1.29 is 34.5 Å². The van der Waals surface area contributed by atoms with E-state index < -0.39 is 43.0 Å². The van der Waals surface area contributed by atoms with Crippen molar-refractivity contribution in [3.05, 3.63) is 0 Å². The molecule has 41 heavy (non-hydrogen) atoms. The van der Waals surface area contributed by atoms with E-state index in [1.165, 1.54) is 0 Å². The molecule has 1 rings (SSSR count). The molecule has 1 heterocycles. The molecule has 1 fully saturated rings. The molecule has 1 saturated heterocycles. The van der Waals surface area contributed by atoms with Gasteiger partial charge in [-0.1, -0.05) is 0 Å². The lowest BCUT2D eigenvalue weighted by atomic mass is 9.79. The van der Waals surface area contributed by atoms with Crippen molar-refractivity contribution in [2.75, 3.05) is 33.5 Å². The molecule has 0 aliphatic carbocycles. The largest absolute Gasteiger partial charge is 0.670 e. The first-order chi connectivity index (χ1) is 18.5. The topological polar surface area (TPSA) is 77.1 Å². The molecule has 0 atom stereocenters. The molecule has 0 amide bonds. The SMILES string of the molecule is CCO[Si](OCC)(OCC)O[Si](C)(C)O[Si](C)(C)O[Si](C)(C)O[Si](C)(C)CCCOC1CC(C)(C)N(C)C(C)(C)C1. The van der Waals surface area contributed by atoms with Crippen LogP contribution in [0.25, 0.3) is 0 Å². The minimum Gasteiger partial charge on any atom is -0.436 e. The van der Waals surface area contributed by atoms with Gasteiger partial charge in [-0.05, 0) is 133 Å². The van der Waals surface area contributed by atoms with Crippen LogP contribution in [-0.4, -0.2) is 98.6 Å². The van der Waals surface area contributed by atoms with Crippen LogP contribution >= 0.6 is 0 Å². The van der Waals surface area contributed by atoms with Crippen LogP contribution in [0.15, 0.2) is 0 Å². The Morgan fingerprint density at radius 2 is 1.02 bits per heavy atom. The third-order valence-electron chi connectivity index (χ3n) is 7.39. The number of piperidine rings is 1. The van der Waals surface area contributed by atoms with Gasteiger partial charge in [0.15, 0.2) is 8.32 Å². The zero-order valence-corrected chi connectivity index (χ0v) is 34.4. The molecule has 9 nitrogen and oxygen atoms in total. The van der Waals surface area contributed by atoms with Crippen molar-refractivity contribution in [2.45, 2.75) is 143 Å². The zero-order chi connectivity index (χ0) is 32.0. The third kappa shape index (κ3) is 13.7. The lowest BCUT2D eigenvalue weighted by molar-refractivity contribution is -0.0912. The molecule has 0 spiro atoms. The van der Waals surface area contributed by atoms with E-state index in [0.717, 1.165) is 31.9 Å². The van der Waals surface area contributed by atoms with Gasteiger partial charge in [-0.15, -0.1) is 0 Å². The normalized spacial score (nSPS) is 19.6. The summed E-state index contributed by atoms with van der Waals surface area (Å²) in [4.78, 5) is 2.50. The molecule has 0 radical (unpaired) electrons. The Bertz CT molecular complexity index is 763. The first-order valence-corrected chi connectivity index (χ1v) is 28.7. The maximum absolute atomic E-state index is 6.82. The summed E-state index contributed by atoms with van der Waals surface area (Å²) in [6.07, 6.45) is 3.42. The number of nitrogens with zero attached hydrogens (tertiary/aromatic N) is 1. The Hall–Kier alpha value is 0.724. The van der Waals surface area contributed by atoms with E-state index in [2.05, 4.69) is 78.9 Å². The second-order valence-corrected chi connectivity index (χ2v) is 31.9. The molecule has 246 valence electrons. The average molecular weight is 672 g/mol. The molecule has 1 aliphatic heterocycles. The standard InChI is InChI=1S/C27H65NO8Si5/c1-17-30-41(31-18-2,32-19-3)36-40(15,16)35-39(13,14)34-38(11,12)33-37(9,10)22-20-21-29-25-23-26(4,5)28(8)27(6,7)24-25/h25H,17-24H2,1-16H3. The number of rotatable bonds is 19. The van der Waals surface area contributed by atoms with Gasteiger partial charge in [0.05, 0.1) is 6.10 Å². The summed E-state index contributed by atoms with van der Waals surface area (Å²) in [5, 5.41) is 0. The Morgan fingerprint density at radius 3 is 1.44 bits per heavy atom. The Kier molecular flexibility index (Phi) is 14.9. The average Bonchev–Trinajstić information content (AvgIpc) is 2.72. The summed E-state index contributed by atoms with van der Waals surface area (Å²) < 4.78 is 50.8. The highest BCUT2D eigenvalue weighted by molar-refractivity contribution is 6.89. The highest BCUT2D eigenvalue weighted by Gasteiger charge is 2.53. The van der Waals surface area contributed by atoms with E-state index >= 15 is 0 Å². The highest BCUT2D eigenvalue weighted by atomic mass is 28.5. The molecule has 0 aromatic rings. The van der Waals surface area contributed by atoms with Crippen LogP contribution in [0.3, 0.4) is 0 Å². The minimum atomic E-state index is -3.30. The quantitative estimate of drug-likeness (QED) is 0.107. The maximum atomic E-state index is 6.82. The van der Waals surface area contributed by atoms with Gasteiger partial charge >= 0.3 is 34.7 Å². The molecule has 0 aromatic carbocycles. The Balaban J connectivity index is 2.71.